The van der Waals surface area contributed by atoms with Gasteiger partial charge in [0.15, 0.2) is 0 Å². The third kappa shape index (κ3) is 5.47. The number of thiophene rings is 1. The van der Waals surface area contributed by atoms with E-state index in [4.69, 9.17) is 0 Å². The van der Waals surface area contributed by atoms with Gasteiger partial charge in [-0.05, 0) is 56.7 Å². The molecule has 3 aromatic heterocycles. The molecule has 0 atom stereocenters. The van der Waals surface area contributed by atoms with Gasteiger partial charge >= 0.3 is 0 Å². The van der Waals surface area contributed by atoms with Crippen molar-refractivity contribution in [2.75, 3.05) is 0 Å². The van der Waals surface area contributed by atoms with E-state index < -0.39 is 0 Å². The first-order valence-corrected chi connectivity index (χ1v) is 15.1. The molecular weight excluding hydrogens is 721 g/mol. The molecule has 0 spiro atoms. The number of rotatable bonds is 2. The van der Waals surface area contributed by atoms with E-state index in [0.29, 0.717) is 0 Å². The van der Waals surface area contributed by atoms with Crippen LogP contribution in [0.15, 0.2) is 109 Å². The number of hydrogen-bond donors (Lipinski definition) is 0. The summed E-state index contributed by atoms with van der Waals surface area (Å²) >= 11 is 1.85. The number of aryl methyl sites for hydroxylation is 1. The van der Waals surface area contributed by atoms with Crippen molar-refractivity contribution < 1.29 is 20.1 Å². The molecule has 4 heteroatoms. The van der Waals surface area contributed by atoms with Crippen molar-refractivity contribution in [3.05, 3.63) is 133 Å². The van der Waals surface area contributed by atoms with Gasteiger partial charge in [-0.15, -0.1) is 75.9 Å². The molecule has 0 aliphatic rings. The second kappa shape index (κ2) is 11.6. The van der Waals surface area contributed by atoms with Crippen LogP contribution in [0.25, 0.3) is 64.2 Å². The Labute approximate surface area is 270 Å². The van der Waals surface area contributed by atoms with Crippen LogP contribution in [0, 0.1) is 19.1 Å². The minimum Gasteiger partial charge on any atom is -0.305 e. The monoisotopic (exact) mass is 751 g/mol. The third-order valence-corrected chi connectivity index (χ3v) is 8.96. The summed E-state index contributed by atoms with van der Waals surface area (Å²) in [5.41, 5.74) is 8.07. The zero-order valence-electron chi connectivity index (χ0n) is 24.5. The summed E-state index contributed by atoms with van der Waals surface area (Å²) in [6.07, 6.45) is 3.80. The van der Waals surface area contributed by atoms with Crippen LogP contribution in [0.4, 0.5) is 0 Å². The van der Waals surface area contributed by atoms with E-state index in [1.807, 2.05) is 35.9 Å². The van der Waals surface area contributed by atoms with E-state index in [-0.39, 0.29) is 25.5 Å². The topological polar surface area (TPSA) is 25.8 Å². The summed E-state index contributed by atoms with van der Waals surface area (Å²) in [7, 11) is 0. The summed E-state index contributed by atoms with van der Waals surface area (Å²) in [6, 6.07) is 40.7. The molecule has 0 N–H and O–H groups in total. The first-order valence-electron chi connectivity index (χ1n) is 14.2. The Balaban J connectivity index is 0.000000150. The predicted octanol–water partition coefficient (Wildman–Crippen LogP) is 10.8. The molecule has 0 amide bonds. The van der Waals surface area contributed by atoms with Crippen LogP contribution in [-0.4, -0.2) is 9.97 Å². The molecule has 1 radical (unpaired) electrons. The Hall–Kier alpha value is -3.95. The van der Waals surface area contributed by atoms with E-state index in [1.165, 1.54) is 47.6 Å². The van der Waals surface area contributed by atoms with E-state index in [9.17, 15) is 0 Å². The maximum Gasteiger partial charge on any atom is 0.0345 e. The van der Waals surface area contributed by atoms with Crippen LogP contribution in [-0.2, 0) is 25.5 Å². The maximum absolute atomic E-state index is 4.65. The Kier molecular flexibility index (Phi) is 7.87. The fourth-order valence-corrected chi connectivity index (χ4v) is 6.78. The smallest absolute Gasteiger partial charge is 0.0345 e. The summed E-state index contributed by atoms with van der Waals surface area (Å²) in [5.74, 6) is 0. The summed E-state index contributed by atoms with van der Waals surface area (Å²) in [5, 5.41) is 6.39. The second-order valence-electron chi connectivity index (χ2n) is 11.8. The summed E-state index contributed by atoms with van der Waals surface area (Å²) in [4.78, 5) is 9.18. The number of pyridine rings is 2. The summed E-state index contributed by atoms with van der Waals surface area (Å²) < 4.78 is 2.66. The van der Waals surface area contributed by atoms with Gasteiger partial charge in [-0.1, -0.05) is 87.0 Å². The van der Waals surface area contributed by atoms with Crippen molar-refractivity contribution in [1.29, 1.82) is 0 Å². The fourth-order valence-electron chi connectivity index (χ4n) is 5.66. The van der Waals surface area contributed by atoms with E-state index in [1.54, 1.807) is 0 Å². The van der Waals surface area contributed by atoms with Crippen LogP contribution < -0.4 is 0 Å². The number of aromatic nitrogens is 2. The van der Waals surface area contributed by atoms with E-state index in [0.717, 1.165) is 27.7 Å². The van der Waals surface area contributed by atoms with E-state index in [2.05, 4.69) is 135 Å². The Morgan fingerprint density at radius 3 is 2.30 bits per heavy atom. The first-order chi connectivity index (χ1) is 20.4. The van der Waals surface area contributed by atoms with Gasteiger partial charge in [0.25, 0.3) is 0 Å². The molecule has 3 heterocycles. The van der Waals surface area contributed by atoms with Crippen LogP contribution in [0.2, 0.25) is 0 Å². The molecule has 8 rings (SSSR count). The molecule has 0 unspecified atom stereocenters. The number of benzene rings is 5. The van der Waals surface area contributed by atoms with Gasteiger partial charge in [0.2, 0.25) is 0 Å². The average Bonchev–Trinajstić information content (AvgIpc) is 3.41. The van der Waals surface area contributed by atoms with Gasteiger partial charge in [-0.25, -0.2) is 0 Å². The normalized spacial score (nSPS) is 11.5. The first kappa shape index (κ1) is 29.1. The van der Waals surface area contributed by atoms with Gasteiger partial charge < -0.3 is 9.97 Å². The second-order valence-corrected chi connectivity index (χ2v) is 12.9. The quantitative estimate of drug-likeness (QED) is 0.130. The minimum atomic E-state index is 0. The van der Waals surface area contributed by atoms with Crippen molar-refractivity contribution >= 4 is 53.2 Å². The third-order valence-electron chi connectivity index (χ3n) is 7.84. The Bertz CT molecular complexity index is 2190. The van der Waals surface area contributed by atoms with Gasteiger partial charge in [0.1, 0.15) is 0 Å². The molecular formula is C39H30IrN2S-2. The van der Waals surface area contributed by atoms with Crippen LogP contribution in [0.5, 0.6) is 0 Å². The molecule has 8 aromatic rings. The molecule has 0 saturated carbocycles. The maximum atomic E-state index is 4.65. The Morgan fingerprint density at radius 2 is 1.49 bits per heavy atom. The largest absolute Gasteiger partial charge is 0.305 e. The Morgan fingerprint density at radius 1 is 0.698 bits per heavy atom. The number of fused-ring (bicyclic) bond motifs is 3. The zero-order valence-corrected chi connectivity index (χ0v) is 27.7. The molecule has 0 aliphatic heterocycles. The number of hydrogen-bond acceptors (Lipinski definition) is 3. The van der Waals surface area contributed by atoms with Crippen LogP contribution in [0.1, 0.15) is 31.9 Å². The van der Waals surface area contributed by atoms with Gasteiger partial charge in [0, 0.05) is 41.9 Å². The molecule has 0 bridgehead atoms. The molecule has 43 heavy (non-hydrogen) atoms. The van der Waals surface area contributed by atoms with Gasteiger partial charge in [-0.2, -0.15) is 0 Å². The van der Waals surface area contributed by atoms with Crippen molar-refractivity contribution in [2.45, 2.75) is 33.1 Å². The predicted molar refractivity (Wildman–Crippen MR) is 180 cm³/mol. The van der Waals surface area contributed by atoms with Gasteiger partial charge in [0.05, 0.1) is 0 Å². The molecule has 0 aliphatic carbocycles. The van der Waals surface area contributed by atoms with Crippen molar-refractivity contribution in [2.24, 2.45) is 0 Å². The minimum absolute atomic E-state index is 0. The molecule has 0 fully saturated rings. The summed E-state index contributed by atoms with van der Waals surface area (Å²) in [6.45, 7) is 8.74. The fraction of sp³-hybridized carbons (Fsp3) is 0.128. The van der Waals surface area contributed by atoms with E-state index >= 15 is 0 Å². The molecule has 213 valence electrons. The number of nitrogens with zero attached hydrogens (tertiary/aromatic N) is 2. The van der Waals surface area contributed by atoms with Gasteiger partial charge in [-0.3, -0.25) is 0 Å². The average molecular weight is 751 g/mol. The SMILES string of the molecule is CC(C)(C)c1ccnc(-c2[c-]ccc(-c3ccccc3)c2)c1.Cc1[c-]c2c(cc1)c1cccc3sc4ccnc2c4c31.[Ir]. The van der Waals surface area contributed by atoms with Crippen LogP contribution >= 0.6 is 11.3 Å². The standard InChI is InChI=1S/C21H20N.C18H10NS.Ir/c1-21(2,3)19-12-13-22-20(15-19)18-11-7-10-17(14-18)16-8-5-4-6-9-16;1-10-5-6-11-12-3-2-4-14-16(12)17-15(20-14)7-8-19-18(17)13(11)9-10;/h4-10,12-15H,1-3H3;2-8H,1H3;/q2*-1;. The zero-order chi connectivity index (χ0) is 28.8. The van der Waals surface area contributed by atoms with Crippen molar-refractivity contribution in [1.82, 2.24) is 9.97 Å². The molecule has 5 aromatic carbocycles. The van der Waals surface area contributed by atoms with Crippen LogP contribution in [0.3, 0.4) is 0 Å². The molecule has 0 saturated heterocycles. The molecule has 2 nitrogen and oxygen atoms in total. The van der Waals surface area contributed by atoms with Crippen molar-refractivity contribution in [3.8, 4) is 22.4 Å². The van der Waals surface area contributed by atoms with Crippen molar-refractivity contribution in [3.63, 3.8) is 0 Å².